The van der Waals surface area contributed by atoms with Crippen LogP contribution >= 0.6 is 0 Å². The van der Waals surface area contributed by atoms with E-state index in [1.54, 1.807) is 6.20 Å². The van der Waals surface area contributed by atoms with Gasteiger partial charge in [-0.2, -0.15) is 5.10 Å². The summed E-state index contributed by atoms with van der Waals surface area (Å²) in [6, 6.07) is 8.10. The fourth-order valence-corrected chi connectivity index (χ4v) is 4.07. The number of carbonyl (C=O) groups is 1. The van der Waals surface area contributed by atoms with E-state index in [2.05, 4.69) is 27.4 Å². The Morgan fingerprint density at radius 3 is 2.79 bits per heavy atom. The Hall–Kier alpha value is -2.54. The third-order valence-electron chi connectivity index (χ3n) is 5.48. The lowest BCUT2D eigenvalue weighted by Crippen LogP contribution is -2.44. The molecule has 4 rings (SSSR count). The average Bonchev–Trinajstić information content (AvgIpc) is 3.42. The van der Waals surface area contributed by atoms with E-state index in [-0.39, 0.29) is 11.9 Å². The third-order valence-corrected chi connectivity index (χ3v) is 5.48. The predicted octanol–water partition coefficient (Wildman–Crippen LogP) is 2.26. The Balaban J connectivity index is 1.34. The lowest BCUT2D eigenvalue weighted by atomic mass is 10.0. The molecule has 2 aromatic rings. The number of carbonyl (C=O) groups excluding carboxylic acids is 1. The van der Waals surface area contributed by atoms with Gasteiger partial charge in [0.1, 0.15) is 13.2 Å². The molecule has 2 aliphatic heterocycles. The molecule has 7 nitrogen and oxygen atoms in total. The standard InChI is InChI=1S/C22H30N4O3/c27-22(5-3-11-26-12-4-8-23-26)24-19(17-25-9-1-2-10-25)15-18-6-7-20-21(16-18)29-14-13-28-20/h4,6-8,12,16,19H,1-3,5,9-11,13-15,17H2,(H,24,27)/t19-/m0/s1. The third kappa shape index (κ3) is 5.73. The van der Waals surface area contributed by atoms with Crippen LogP contribution in [0.2, 0.25) is 0 Å². The van der Waals surface area contributed by atoms with Crippen molar-refractivity contribution >= 4 is 5.91 Å². The van der Waals surface area contributed by atoms with E-state index >= 15 is 0 Å². The fourth-order valence-electron chi connectivity index (χ4n) is 4.07. The van der Waals surface area contributed by atoms with Crippen molar-refractivity contribution in [3.8, 4) is 11.5 Å². The second-order valence-corrected chi connectivity index (χ2v) is 7.83. The number of hydrogen-bond acceptors (Lipinski definition) is 5. The van der Waals surface area contributed by atoms with E-state index in [9.17, 15) is 4.79 Å². The van der Waals surface area contributed by atoms with Gasteiger partial charge < -0.3 is 19.7 Å². The smallest absolute Gasteiger partial charge is 0.220 e. The number of nitrogens with zero attached hydrogens (tertiary/aromatic N) is 3. The van der Waals surface area contributed by atoms with Crippen LogP contribution in [0.1, 0.15) is 31.2 Å². The van der Waals surface area contributed by atoms with Crippen LogP contribution in [0.4, 0.5) is 0 Å². The first-order valence-electron chi connectivity index (χ1n) is 10.6. The maximum Gasteiger partial charge on any atom is 0.220 e. The van der Waals surface area contributed by atoms with Gasteiger partial charge in [0, 0.05) is 37.9 Å². The highest BCUT2D eigenvalue weighted by atomic mass is 16.6. The monoisotopic (exact) mass is 398 g/mol. The van der Waals surface area contributed by atoms with Gasteiger partial charge >= 0.3 is 0 Å². The highest BCUT2D eigenvalue weighted by molar-refractivity contribution is 5.76. The van der Waals surface area contributed by atoms with Crippen LogP contribution in [-0.4, -0.2) is 59.5 Å². The molecule has 0 bridgehead atoms. The van der Waals surface area contributed by atoms with Crippen molar-refractivity contribution in [1.82, 2.24) is 20.0 Å². The summed E-state index contributed by atoms with van der Waals surface area (Å²) in [6.07, 6.45) is 8.27. The summed E-state index contributed by atoms with van der Waals surface area (Å²) in [6.45, 7) is 5.07. The van der Waals surface area contributed by atoms with E-state index in [0.717, 1.165) is 56.1 Å². The Morgan fingerprint density at radius 1 is 1.17 bits per heavy atom. The molecule has 2 aliphatic rings. The maximum atomic E-state index is 12.6. The summed E-state index contributed by atoms with van der Waals surface area (Å²) in [5.41, 5.74) is 1.16. The molecule has 156 valence electrons. The summed E-state index contributed by atoms with van der Waals surface area (Å²) >= 11 is 0. The van der Waals surface area contributed by atoms with Crippen LogP contribution in [0.3, 0.4) is 0 Å². The number of aryl methyl sites for hydroxylation is 1. The van der Waals surface area contributed by atoms with Gasteiger partial charge in [-0.3, -0.25) is 9.48 Å². The fraction of sp³-hybridized carbons (Fsp3) is 0.545. The molecule has 1 amide bonds. The minimum atomic E-state index is 0.0906. The second kappa shape index (κ2) is 9.78. The number of hydrogen-bond donors (Lipinski definition) is 1. The van der Waals surface area contributed by atoms with Crippen molar-refractivity contribution in [3.63, 3.8) is 0 Å². The molecule has 3 heterocycles. The molecule has 0 spiro atoms. The zero-order chi connectivity index (χ0) is 19.9. The molecule has 1 aromatic heterocycles. The molecule has 1 aromatic carbocycles. The van der Waals surface area contributed by atoms with Crippen LogP contribution in [0.15, 0.2) is 36.7 Å². The molecule has 0 radical (unpaired) electrons. The lowest BCUT2D eigenvalue weighted by Gasteiger charge is -2.25. The molecule has 0 aliphatic carbocycles. The number of benzene rings is 1. The summed E-state index contributed by atoms with van der Waals surface area (Å²) in [5.74, 6) is 1.72. The van der Waals surface area contributed by atoms with Gasteiger partial charge in [0.15, 0.2) is 11.5 Å². The van der Waals surface area contributed by atoms with Gasteiger partial charge in [-0.25, -0.2) is 0 Å². The topological polar surface area (TPSA) is 68.6 Å². The van der Waals surface area contributed by atoms with Crippen molar-refractivity contribution in [1.29, 1.82) is 0 Å². The van der Waals surface area contributed by atoms with Gasteiger partial charge in [0.05, 0.1) is 0 Å². The summed E-state index contributed by atoms with van der Waals surface area (Å²) in [5, 5.41) is 7.46. The van der Waals surface area contributed by atoms with E-state index in [1.165, 1.54) is 12.8 Å². The van der Waals surface area contributed by atoms with Gasteiger partial charge in [-0.15, -0.1) is 0 Å². The van der Waals surface area contributed by atoms with E-state index < -0.39 is 0 Å². The van der Waals surface area contributed by atoms with Crippen molar-refractivity contribution in [2.24, 2.45) is 0 Å². The number of fused-ring (bicyclic) bond motifs is 1. The average molecular weight is 399 g/mol. The van der Waals surface area contributed by atoms with Crippen molar-refractivity contribution in [2.45, 2.75) is 44.7 Å². The Bertz CT molecular complexity index is 787. The van der Waals surface area contributed by atoms with Crippen LogP contribution < -0.4 is 14.8 Å². The summed E-state index contributed by atoms with van der Waals surface area (Å²) in [4.78, 5) is 15.0. The number of likely N-dealkylation sites (tertiary alicyclic amines) is 1. The van der Waals surface area contributed by atoms with Crippen LogP contribution in [0.5, 0.6) is 11.5 Å². The van der Waals surface area contributed by atoms with Crippen molar-refractivity contribution in [2.75, 3.05) is 32.8 Å². The molecular formula is C22H30N4O3. The zero-order valence-corrected chi connectivity index (χ0v) is 16.9. The number of nitrogens with one attached hydrogen (secondary N) is 1. The quantitative estimate of drug-likeness (QED) is 0.702. The lowest BCUT2D eigenvalue weighted by molar-refractivity contribution is -0.122. The van der Waals surface area contributed by atoms with Crippen molar-refractivity contribution in [3.05, 3.63) is 42.2 Å². The maximum absolute atomic E-state index is 12.6. The van der Waals surface area contributed by atoms with E-state index in [0.29, 0.717) is 19.6 Å². The van der Waals surface area contributed by atoms with Gasteiger partial charge in [-0.1, -0.05) is 6.07 Å². The number of aromatic nitrogens is 2. The molecule has 0 unspecified atom stereocenters. The first kappa shape index (κ1) is 19.8. The van der Waals surface area contributed by atoms with Crippen LogP contribution in [0.25, 0.3) is 0 Å². The SMILES string of the molecule is O=C(CCCn1cccn1)N[C@@H](Cc1ccc2c(c1)OCCO2)CN1CCCC1. The Labute approximate surface area is 172 Å². The number of amides is 1. The molecule has 1 fully saturated rings. The van der Waals surface area contributed by atoms with Crippen LogP contribution in [0, 0.1) is 0 Å². The van der Waals surface area contributed by atoms with Crippen LogP contribution in [-0.2, 0) is 17.8 Å². The molecule has 29 heavy (non-hydrogen) atoms. The minimum absolute atomic E-state index is 0.0906. The van der Waals surface area contributed by atoms with E-state index in [1.807, 2.05) is 23.0 Å². The summed E-state index contributed by atoms with van der Waals surface area (Å²) in [7, 11) is 0. The molecule has 0 saturated carbocycles. The molecule has 7 heteroatoms. The second-order valence-electron chi connectivity index (χ2n) is 7.83. The molecular weight excluding hydrogens is 368 g/mol. The highest BCUT2D eigenvalue weighted by Crippen LogP contribution is 2.31. The highest BCUT2D eigenvalue weighted by Gasteiger charge is 2.21. The number of rotatable bonds is 9. The Morgan fingerprint density at radius 2 is 2.00 bits per heavy atom. The van der Waals surface area contributed by atoms with Gasteiger partial charge in [0.25, 0.3) is 0 Å². The normalized spacial score (nSPS) is 17.2. The first-order chi connectivity index (χ1) is 14.3. The summed E-state index contributed by atoms with van der Waals surface area (Å²) < 4.78 is 13.2. The first-order valence-corrected chi connectivity index (χ1v) is 10.6. The van der Waals surface area contributed by atoms with E-state index in [4.69, 9.17) is 9.47 Å². The molecule has 1 N–H and O–H groups in total. The van der Waals surface area contributed by atoms with Crippen molar-refractivity contribution < 1.29 is 14.3 Å². The predicted molar refractivity (Wildman–Crippen MR) is 110 cm³/mol. The number of ether oxygens (including phenoxy) is 2. The minimum Gasteiger partial charge on any atom is -0.486 e. The molecule has 1 saturated heterocycles. The largest absolute Gasteiger partial charge is 0.486 e. The zero-order valence-electron chi connectivity index (χ0n) is 16.9. The molecule has 1 atom stereocenters. The van der Waals surface area contributed by atoms with Gasteiger partial charge in [-0.05, 0) is 62.5 Å². The van der Waals surface area contributed by atoms with Gasteiger partial charge in [0.2, 0.25) is 5.91 Å². The Kier molecular flexibility index (Phi) is 6.67.